The van der Waals surface area contributed by atoms with Crippen molar-refractivity contribution in [3.8, 4) is 0 Å². The molecule has 0 spiro atoms. The lowest BCUT2D eigenvalue weighted by Crippen LogP contribution is -2.42. The van der Waals surface area contributed by atoms with E-state index in [-0.39, 0.29) is 30.2 Å². The molecule has 0 saturated carbocycles. The zero-order chi connectivity index (χ0) is 21.0. The molecule has 3 aliphatic heterocycles. The van der Waals surface area contributed by atoms with Crippen molar-refractivity contribution >= 4 is 34.1 Å². The molecule has 8 nitrogen and oxygen atoms in total. The Kier molecular flexibility index (Phi) is 4.65. The van der Waals surface area contributed by atoms with Gasteiger partial charge in [-0.05, 0) is 31.4 Å². The first kappa shape index (κ1) is 19.3. The van der Waals surface area contributed by atoms with Gasteiger partial charge in [0.05, 0.1) is 12.1 Å². The summed E-state index contributed by atoms with van der Waals surface area (Å²) in [6, 6.07) is 1.99. The van der Waals surface area contributed by atoms with Crippen LogP contribution in [0.4, 0.5) is 5.00 Å². The molecule has 30 heavy (non-hydrogen) atoms. The minimum absolute atomic E-state index is 0.0185. The molecule has 9 heteroatoms. The van der Waals surface area contributed by atoms with E-state index in [2.05, 4.69) is 5.10 Å². The first-order valence-electron chi connectivity index (χ1n) is 10.5. The van der Waals surface area contributed by atoms with Crippen molar-refractivity contribution in [3.05, 3.63) is 34.0 Å². The van der Waals surface area contributed by atoms with E-state index in [1.807, 2.05) is 22.6 Å². The van der Waals surface area contributed by atoms with Crippen LogP contribution >= 0.6 is 11.3 Å². The largest absolute Gasteiger partial charge is 0.337 e. The first-order valence-corrected chi connectivity index (χ1v) is 11.3. The van der Waals surface area contributed by atoms with Crippen LogP contribution in [0.1, 0.15) is 39.8 Å². The van der Waals surface area contributed by atoms with Crippen molar-refractivity contribution in [2.75, 3.05) is 31.6 Å². The summed E-state index contributed by atoms with van der Waals surface area (Å²) in [7, 11) is 1.68. The number of likely N-dealkylation sites (N-methyl/N-ethyl adjacent to an activating group) is 2. The highest BCUT2D eigenvalue weighted by Gasteiger charge is 2.38. The van der Waals surface area contributed by atoms with Crippen LogP contribution in [0.15, 0.2) is 12.3 Å². The highest BCUT2D eigenvalue weighted by Crippen LogP contribution is 2.41. The predicted octanol–water partition coefficient (Wildman–Crippen LogP) is 1.53. The molecule has 0 aliphatic carbocycles. The number of nitrogens with zero attached hydrogens (tertiary/aromatic N) is 5. The Morgan fingerprint density at radius 1 is 1.27 bits per heavy atom. The fourth-order valence-corrected chi connectivity index (χ4v) is 6.24. The Morgan fingerprint density at radius 3 is 2.90 bits per heavy atom. The Morgan fingerprint density at radius 2 is 2.10 bits per heavy atom. The third kappa shape index (κ3) is 2.94. The zero-order valence-electron chi connectivity index (χ0n) is 17.3. The van der Waals surface area contributed by atoms with Gasteiger partial charge in [0, 0.05) is 55.8 Å². The Labute approximate surface area is 179 Å². The third-order valence-corrected chi connectivity index (χ3v) is 7.68. The minimum atomic E-state index is -0.0906. The first-order chi connectivity index (χ1) is 14.5. The molecule has 1 unspecified atom stereocenters. The van der Waals surface area contributed by atoms with Crippen molar-refractivity contribution < 1.29 is 14.4 Å². The molecule has 0 N–H and O–H groups in total. The highest BCUT2D eigenvalue weighted by atomic mass is 32.1. The summed E-state index contributed by atoms with van der Waals surface area (Å²) in [5, 5.41) is 5.05. The van der Waals surface area contributed by atoms with E-state index in [0.717, 1.165) is 40.5 Å². The minimum Gasteiger partial charge on any atom is -0.337 e. The molecule has 1 atom stereocenters. The van der Waals surface area contributed by atoms with Crippen LogP contribution in [0.3, 0.4) is 0 Å². The van der Waals surface area contributed by atoms with Crippen molar-refractivity contribution in [2.24, 2.45) is 5.92 Å². The topological polar surface area (TPSA) is 78.8 Å². The number of rotatable bonds is 2. The summed E-state index contributed by atoms with van der Waals surface area (Å²) in [6.07, 6.45) is 3.98. The lowest BCUT2D eigenvalue weighted by atomic mass is 9.93. The number of amides is 3. The summed E-state index contributed by atoms with van der Waals surface area (Å²) in [4.78, 5) is 45.0. The van der Waals surface area contributed by atoms with E-state index >= 15 is 0 Å². The van der Waals surface area contributed by atoms with E-state index in [1.54, 1.807) is 18.1 Å². The molecule has 2 aromatic heterocycles. The fourth-order valence-electron chi connectivity index (χ4n) is 4.81. The lowest BCUT2D eigenvalue weighted by Gasteiger charge is -2.32. The average molecular weight is 428 g/mol. The predicted molar refractivity (Wildman–Crippen MR) is 112 cm³/mol. The van der Waals surface area contributed by atoms with Crippen molar-refractivity contribution in [2.45, 2.75) is 39.3 Å². The summed E-state index contributed by atoms with van der Waals surface area (Å²) < 4.78 is 1.98. The van der Waals surface area contributed by atoms with Crippen LogP contribution in [0.2, 0.25) is 0 Å². The van der Waals surface area contributed by atoms with E-state index < -0.39 is 0 Å². The number of hydrogen-bond acceptors (Lipinski definition) is 5. The maximum atomic E-state index is 13.2. The molecule has 0 radical (unpaired) electrons. The van der Waals surface area contributed by atoms with Gasteiger partial charge in [-0.25, -0.2) is 0 Å². The van der Waals surface area contributed by atoms with Gasteiger partial charge in [0.2, 0.25) is 11.8 Å². The van der Waals surface area contributed by atoms with E-state index in [1.165, 1.54) is 16.2 Å². The average Bonchev–Trinajstić information content (AvgIpc) is 3.34. The lowest BCUT2D eigenvalue weighted by molar-refractivity contribution is -0.137. The number of hydrogen-bond donors (Lipinski definition) is 0. The van der Waals surface area contributed by atoms with Crippen molar-refractivity contribution in [1.82, 2.24) is 19.6 Å². The Bertz CT molecular complexity index is 1040. The van der Waals surface area contributed by atoms with Crippen LogP contribution in [-0.4, -0.2) is 64.0 Å². The summed E-state index contributed by atoms with van der Waals surface area (Å²) in [6.45, 7) is 4.47. The van der Waals surface area contributed by atoms with Gasteiger partial charge in [0.15, 0.2) is 0 Å². The SMILES string of the molecule is CCN1C(=O)CN(C)C(=O)c2c1sc1c2CCN(C(=O)C2CCn3nccc3C2)C1. The number of thiophene rings is 1. The molecule has 0 bridgehead atoms. The number of aromatic nitrogens is 2. The molecule has 2 aromatic rings. The van der Waals surface area contributed by atoms with Crippen molar-refractivity contribution in [1.29, 1.82) is 0 Å². The van der Waals surface area contributed by atoms with Gasteiger partial charge in [0.1, 0.15) is 11.5 Å². The number of aryl methyl sites for hydroxylation is 1. The molecule has 0 aromatic carbocycles. The molecule has 0 fully saturated rings. The van der Waals surface area contributed by atoms with Gasteiger partial charge in [-0.2, -0.15) is 5.10 Å². The molecular formula is C21H25N5O3S. The summed E-state index contributed by atoms with van der Waals surface area (Å²) in [5.41, 5.74) is 2.80. The molecule has 3 amide bonds. The molecule has 5 rings (SSSR count). The standard InChI is InChI=1S/C21H25N5O3S/c1-3-25-17(27)12-23(2)20(29)18-15-6-8-24(11-16(15)30-21(18)25)19(28)13-5-9-26-14(10-13)4-7-22-26/h4,7,13H,3,5-6,8-12H2,1-2H3. The van der Waals surface area contributed by atoms with Crippen LogP contribution in [0.25, 0.3) is 0 Å². The van der Waals surface area contributed by atoms with E-state index in [0.29, 0.717) is 31.6 Å². The smallest absolute Gasteiger partial charge is 0.257 e. The van der Waals surface area contributed by atoms with E-state index in [4.69, 9.17) is 0 Å². The fraction of sp³-hybridized carbons (Fsp3) is 0.524. The van der Waals surface area contributed by atoms with Crippen molar-refractivity contribution in [3.63, 3.8) is 0 Å². The molecule has 0 saturated heterocycles. The number of anilines is 1. The van der Waals surface area contributed by atoms with Crippen LogP contribution in [0.5, 0.6) is 0 Å². The molecule has 158 valence electrons. The maximum Gasteiger partial charge on any atom is 0.257 e. The molecular weight excluding hydrogens is 402 g/mol. The van der Waals surface area contributed by atoms with Crippen LogP contribution < -0.4 is 4.90 Å². The third-order valence-electron chi connectivity index (χ3n) is 6.44. The normalized spacial score (nSPS) is 21.3. The Balaban J connectivity index is 1.42. The number of fused-ring (bicyclic) bond motifs is 4. The van der Waals surface area contributed by atoms with E-state index in [9.17, 15) is 14.4 Å². The highest BCUT2D eigenvalue weighted by molar-refractivity contribution is 7.17. The van der Waals surface area contributed by atoms with Gasteiger partial charge < -0.3 is 14.7 Å². The van der Waals surface area contributed by atoms with Gasteiger partial charge in [-0.1, -0.05) is 0 Å². The maximum absolute atomic E-state index is 13.2. The zero-order valence-corrected chi connectivity index (χ0v) is 18.1. The van der Waals surface area contributed by atoms with Gasteiger partial charge >= 0.3 is 0 Å². The monoisotopic (exact) mass is 427 g/mol. The molecule has 3 aliphatic rings. The second-order valence-electron chi connectivity index (χ2n) is 8.23. The molecule has 5 heterocycles. The quantitative estimate of drug-likeness (QED) is 0.728. The number of carbonyl (C=O) groups excluding carboxylic acids is 3. The van der Waals surface area contributed by atoms with Crippen LogP contribution in [-0.2, 0) is 35.5 Å². The summed E-state index contributed by atoms with van der Waals surface area (Å²) in [5.74, 6) is 0.0168. The summed E-state index contributed by atoms with van der Waals surface area (Å²) >= 11 is 1.50. The number of carbonyl (C=O) groups is 3. The van der Waals surface area contributed by atoms with Gasteiger partial charge in [-0.15, -0.1) is 11.3 Å². The Hall–Kier alpha value is -2.68. The van der Waals surface area contributed by atoms with Gasteiger partial charge in [0.25, 0.3) is 5.91 Å². The second-order valence-corrected chi connectivity index (χ2v) is 9.31. The van der Waals surface area contributed by atoms with Gasteiger partial charge in [-0.3, -0.25) is 19.1 Å². The van der Waals surface area contributed by atoms with Crippen LogP contribution in [0, 0.1) is 5.92 Å². The second kappa shape index (κ2) is 7.23.